The van der Waals surface area contributed by atoms with Gasteiger partial charge in [-0.3, -0.25) is 0 Å². The zero-order valence-corrected chi connectivity index (χ0v) is 18.9. The van der Waals surface area contributed by atoms with E-state index >= 15 is 0 Å². The second-order valence-electron chi connectivity index (χ2n) is 6.91. The lowest BCUT2D eigenvalue weighted by Gasteiger charge is -2.25. The van der Waals surface area contributed by atoms with Crippen LogP contribution in [0.15, 0.2) is 82.6 Å². The van der Waals surface area contributed by atoms with Gasteiger partial charge in [-0.15, -0.1) is 0 Å². The molecular formula is C22H19ClN2O5S2. The summed E-state index contributed by atoms with van der Waals surface area (Å²) in [7, 11) is -3.76. The topological polar surface area (TPSA) is 113 Å². The molecule has 0 amide bonds. The van der Waals surface area contributed by atoms with Crippen LogP contribution in [0.5, 0.6) is 11.5 Å². The van der Waals surface area contributed by atoms with Gasteiger partial charge >= 0.3 is 0 Å². The van der Waals surface area contributed by atoms with Gasteiger partial charge in [-0.2, -0.15) is 0 Å². The molecule has 1 fully saturated rings. The number of hydrogen-bond donors (Lipinski definition) is 3. The van der Waals surface area contributed by atoms with Crippen molar-refractivity contribution in [3.05, 3.63) is 88.3 Å². The molecule has 4 rings (SSSR count). The smallest absolute Gasteiger partial charge is 0.238 e. The molecule has 1 aliphatic rings. The fourth-order valence-corrected chi connectivity index (χ4v) is 4.92. The molecule has 0 spiro atoms. The Kier molecular flexibility index (Phi) is 6.47. The van der Waals surface area contributed by atoms with Crippen LogP contribution in [-0.4, -0.2) is 30.4 Å². The average molecular weight is 491 g/mol. The van der Waals surface area contributed by atoms with Gasteiger partial charge in [-0.05, 0) is 60.2 Å². The van der Waals surface area contributed by atoms with E-state index in [1.165, 1.54) is 29.2 Å². The Labute approximate surface area is 194 Å². The number of thioether (sulfide) groups is 1. The third kappa shape index (κ3) is 4.93. The number of aliphatic hydroxyl groups is 2. The molecule has 0 aromatic heterocycles. The molecule has 0 aliphatic carbocycles. The summed E-state index contributed by atoms with van der Waals surface area (Å²) in [6, 6.07) is 19.9. The van der Waals surface area contributed by atoms with E-state index in [1.807, 2.05) is 0 Å². The lowest BCUT2D eigenvalue weighted by Crippen LogP contribution is -2.35. The molecule has 1 saturated heterocycles. The number of hydrogen-bond acceptors (Lipinski definition) is 7. The molecule has 2 unspecified atom stereocenters. The van der Waals surface area contributed by atoms with Crippen molar-refractivity contribution in [2.45, 2.75) is 16.7 Å². The highest BCUT2D eigenvalue weighted by Crippen LogP contribution is 2.42. The summed E-state index contributed by atoms with van der Waals surface area (Å²) in [4.78, 5) is 2.03. The van der Waals surface area contributed by atoms with Crippen LogP contribution in [-0.2, 0) is 10.0 Å². The molecule has 7 nitrogen and oxygen atoms in total. The summed E-state index contributed by atoms with van der Waals surface area (Å²) >= 11 is 7.35. The molecule has 1 aliphatic heterocycles. The summed E-state index contributed by atoms with van der Waals surface area (Å²) in [5.74, 6) is 1.01. The van der Waals surface area contributed by atoms with Crippen molar-refractivity contribution >= 4 is 45.1 Å². The molecule has 1 heterocycles. The highest BCUT2D eigenvalue weighted by molar-refractivity contribution is 8.04. The van der Waals surface area contributed by atoms with E-state index in [0.717, 1.165) is 17.3 Å². The lowest BCUT2D eigenvalue weighted by molar-refractivity contribution is 0.167. The maximum Gasteiger partial charge on any atom is 0.238 e. The van der Waals surface area contributed by atoms with E-state index in [1.54, 1.807) is 54.6 Å². The van der Waals surface area contributed by atoms with Gasteiger partial charge in [0, 0.05) is 4.91 Å². The van der Waals surface area contributed by atoms with E-state index in [9.17, 15) is 18.6 Å². The quantitative estimate of drug-likeness (QED) is 0.496. The van der Waals surface area contributed by atoms with Gasteiger partial charge in [-0.25, -0.2) is 13.6 Å². The van der Waals surface area contributed by atoms with Gasteiger partial charge < -0.3 is 19.8 Å². The molecule has 32 heavy (non-hydrogen) atoms. The van der Waals surface area contributed by atoms with E-state index in [-0.39, 0.29) is 4.90 Å². The zero-order chi connectivity index (χ0) is 22.9. The molecule has 0 bridgehead atoms. The minimum absolute atomic E-state index is 0.00691. The van der Waals surface area contributed by atoms with Crippen molar-refractivity contribution in [3.8, 4) is 11.5 Å². The number of halogens is 1. The highest BCUT2D eigenvalue weighted by Gasteiger charge is 2.36. The fraction of sp³-hybridized carbons (Fsp3) is 0.0909. The predicted molar refractivity (Wildman–Crippen MR) is 126 cm³/mol. The van der Waals surface area contributed by atoms with Crippen LogP contribution in [0.3, 0.4) is 0 Å². The Morgan fingerprint density at radius 2 is 1.56 bits per heavy atom. The van der Waals surface area contributed by atoms with E-state index in [0.29, 0.717) is 27.1 Å². The van der Waals surface area contributed by atoms with Crippen LogP contribution >= 0.6 is 23.4 Å². The number of nitrogens with zero attached hydrogens (tertiary/aromatic N) is 1. The lowest BCUT2D eigenvalue weighted by atomic mass is 10.2. The number of aliphatic hydroxyl groups excluding tert-OH is 2. The Hall–Kier alpha value is -2.53. The van der Waals surface area contributed by atoms with Crippen LogP contribution in [0, 0.1) is 0 Å². The number of sulfonamides is 1. The number of benzene rings is 3. The Bertz CT molecular complexity index is 1250. The monoisotopic (exact) mass is 490 g/mol. The maximum atomic E-state index is 11.3. The number of rotatable bonds is 5. The number of primary sulfonamides is 1. The molecule has 10 heteroatoms. The first kappa shape index (κ1) is 22.7. The normalized spacial score (nSPS) is 20.0. The number of para-hydroxylation sites is 1. The first-order valence-corrected chi connectivity index (χ1v) is 12.2. The van der Waals surface area contributed by atoms with Crippen LogP contribution in [0.1, 0.15) is 5.56 Å². The van der Waals surface area contributed by atoms with Crippen molar-refractivity contribution < 1.29 is 23.4 Å². The van der Waals surface area contributed by atoms with Gasteiger partial charge in [0.15, 0.2) is 11.8 Å². The molecule has 0 saturated carbocycles. The molecule has 3 aromatic carbocycles. The highest BCUT2D eigenvalue weighted by atomic mass is 35.5. The molecular weight excluding hydrogens is 472 g/mol. The molecule has 2 atom stereocenters. The van der Waals surface area contributed by atoms with E-state index < -0.39 is 21.8 Å². The van der Waals surface area contributed by atoms with Crippen molar-refractivity contribution in [3.63, 3.8) is 0 Å². The average Bonchev–Trinajstić information content (AvgIpc) is 3.02. The first-order chi connectivity index (χ1) is 15.2. The molecule has 3 aromatic rings. The maximum absolute atomic E-state index is 11.3. The van der Waals surface area contributed by atoms with Crippen LogP contribution in [0.2, 0.25) is 5.02 Å². The number of ether oxygens (including phenoxy) is 1. The number of nitrogens with two attached hydrogens (primary N) is 1. The van der Waals surface area contributed by atoms with Crippen molar-refractivity contribution in [1.29, 1.82) is 0 Å². The second kappa shape index (κ2) is 9.14. The molecule has 166 valence electrons. The van der Waals surface area contributed by atoms with Gasteiger partial charge in [0.25, 0.3) is 0 Å². The van der Waals surface area contributed by atoms with Crippen molar-refractivity contribution in [2.24, 2.45) is 5.14 Å². The largest absolute Gasteiger partial charge is 0.457 e. The Balaban J connectivity index is 1.48. The van der Waals surface area contributed by atoms with Gasteiger partial charge in [-0.1, -0.05) is 47.6 Å². The Morgan fingerprint density at radius 3 is 2.16 bits per heavy atom. The molecule has 0 radical (unpaired) electrons. The van der Waals surface area contributed by atoms with Crippen LogP contribution in [0.4, 0.5) is 5.69 Å². The van der Waals surface area contributed by atoms with Crippen LogP contribution < -0.4 is 14.8 Å². The van der Waals surface area contributed by atoms with E-state index in [4.69, 9.17) is 21.5 Å². The summed E-state index contributed by atoms with van der Waals surface area (Å²) in [5, 5.41) is 26.7. The first-order valence-electron chi connectivity index (χ1n) is 9.40. The minimum Gasteiger partial charge on any atom is -0.457 e. The SMILES string of the molecule is NS(=O)(=O)c1ccc(Oc2ccc(/C=C3\SC(O)N(c4ccccc4Cl)C3O)cc2)cc1. The third-order valence-corrected chi connectivity index (χ3v) is 6.99. The number of anilines is 1. The van der Waals surface area contributed by atoms with Crippen LogP contribution in [0.25, 0.3) is 6.08 Å². The van der Waals surface area contributed by atoms with Crippen molar-refractivity contribution in [1.82, 2.24) is 0 Å². The summed E-state index contributed by atoms with van der Waals surface area (Å²) < 4.78 is 28.4. The fourth-order valence-electron chi connectivity index (χ4n) is 3.15. The van der Waals surface area contributed by atoms with Gasteiger partial charge in [0.2, 0.25) is 10.0 Å². The molecule has 4 N–H and O–H groups in total. The minimum atomic E-state index is -3.76. The predicted octanol–water partition coefficient (Wildman–Crippen LogP) is 3.97. The van der Waals surface area contributed by atoms with Gasteiger partial charge in [0.1, 0.15) is 11.5 Å². The van der Waals surface area contributed by atoms with E-state index in [2.05, 4.69) is 0 Å². The Morgan fingerprint density at radius 1 is 0.969 bits per heavy atom. The standard InChI is InChI=1S/C22H19ClN2O5S2/c23-18-3-1-2-4-19(18)25-21(26)20(31-22(25)27)13-14-5-7-15(8-6-14)30-16-9-11-17(12-10-16)32(24,28)29/h1-13,21-22,26-27H,(H2,24,28,29)/b20-13-. The summed E-state index contributed by atoms with van der Waals surface area (Å²) in [6.07, 6.45) is 0.739. The van der Waals surface area contributed by atoms with Gasteiger partial charge in [0.05, 0.1) is 15.6 Å². The summed E-state index contributed by atoms with van der Waals surface area (Å²) in [5.41, 5.74) is 0.373. The third-order valence-electron chi connectivity index (χ3n) is 4.71. The summed E-state index contributed by atoms with van der Waals surface area (Å²) in [6.45, 7) is 0. The second-order valence-corrected chi connectivity index (χ2v) is 10.0. The van der Waals surface area contributed by atoms with Crippen molar-refractivity contribution in [2.75, 3.05) is 4.90 Å². The zero-order valence-electron chi connectivity index (χ0n) is 16.5.